The lowest BCUT2D eigenvalue weighted by Gasteiger charge is -2.14. The molecule has 172 valence electrons. The van der Waals surface area contributed by atoms with Gasteiger partial charge in [0.05, 0.1) is 26.9 Å². The fourth-order valence-electron chi connectivity index (χ4n) is 3.68. The minimum atomic E-state index is -0.370. The van der Waals surface area contributed by atoms with Crippen LogP contribution in [0.2, 0.25) is 0 Å². The summed E-state index contributed by atoms with van der Waals surface area (Å²) < 4.78 is 16.0. The number of amides is 2. The van der Waals surface area contributed by atoms with E-state index in [0.29, 0.717) is 33.4 Å². The van der Waals surface area contributed by atoms with Crippen LogP contribution < -0.4 is 25.0 Å². The van der Waals surface area contributed by atoms with Gasteiger partial charge in [0, 0.05) is 16.2 Å². The molecule has 2 N–H and O–H groups in total. The van der Waals surface area contributed by atoms with Crippen molar-refractivity contribution in [1.29, 1.82) is 0 Å². The van der Waals surface area contributed by atoms with Crippen LogP contribution >= 0.6 is 11.3 Å². The lowest BCUT2D eigenvalue weighted by Crippen LogP contribution is -2.22. The second-order valence-electron chi connectivity index (χ2n) is 7.64. The van der Waals surface area contributed by atoms with Crippen LogP contribution in [-0.4, -0.2) is 38.9 Å². The molecule has 1 heterocycles. The second kappa shape index (κ2) is 10.5. The van der Waals surface area contributed by atoms with Crippen molar-refractivity contribution < 1.29 is 23.8 Å². The Bertz CT molecular complexity index is 1020. The van der Waals surface area contributed by atoms with Gasteiger partial charge in [-0.1, -0.05) is 6.42 Å². The molecule has 0 spiro atoms. The van der Waals surface area contributed by atoms with Crippen molar-refractivity contribution in [1.82, 2.24) is 5.43 Å². The Hall–Kier alpha value is -3.07. The Labute approximate surface area is 191 Å². The van der Waals surface area contributed by atoms with Crippen molar-refractivity contribution in [3.05, 3.63) is 33.7 Å². The summed E-state index contributed by atoms with van der Waals surface area (Å²) in [6.07, 6.45) is 4.92. The van der Waals surface area contributed by atoms with Gasteiger partial charge in [-0.25, -0.2) is 5.43 Å². The molecule has 0 unspecified atom stereocenters. The molecule has 1 aromatic heterocycles. The van der Waals surface area contributed by atoms with Crippen LogP contribution in [0.4, 0.5) is 5.00 Å². The number of carbonyl (C=O) groups is 2. The summed E-state index contributed by atoms with van der Waals surface area (Å²) in [6, 6.07) is 3.17. The number of methoxy groups -OCH3 is 3. The third-order valence-electron chi connectivity index (χ3n) is 5.18. The van der Waals surface area contributed by atoms with E-state index in [4.69, 9.17) is 14.2 Å². The summed E-state index contributed by atoms with van der Waals surface area (Å²) in [5.74, 6) is 0.479. The fourth-order valence-corrected chi connectivity index (χ4v) is 4.96. The number of nitrogens with zero attached hydrogens (tertiary/aromatic N) is 1. The lowest BCUT2D eigenvalue weighted by atomic mass is 10.0. The van der Waals surface area contributed by atoms with E-state index < -0.39 is 0 Å². The molecule has 0 aliphatic heterocycles. The van der Waals surface area contributed by atoms with Gasteiger partial charge in [0.15, 0.2) is 11.5 Å². The Balaban J connectivity index is 1.99. The number of aryl methyl sites for hydroxylation is 1. The zero-order valence-corrected chi connectivity index (χ0v) is 19.9. The molecular weight excluding hydrogens is 430 g/mol. The first kappa shape index (κ1) is 23.6. The van der Waals surface area contributed by atoms with Crippen molar-refractivity contribution in [3.63, 3.8) is 0 Å². The van der Waals surface area contributed by atoms with Crippen molar-refractivity contribution in [2.45, 2.75) is 46.0 Å². The number of rotatable bonds is 7. The second-order valence-corrected chi connectivity index (χ2v) is 8.74. The highest BCUT2D eigenvalue weighted by atomic mass is 32.1. The molecule has 0 fully saturated rings. The predicted molar refractivity (Wildman–Crippen MR) is 126 cm³/mol. The van der Waals surface area contributed by atoms with E-state index in [1.165, 1.54) is 32.7 Å². The Kier molecular flexibility index (Phi) is 7.74. The summed E-state index contributed by atoms with van der Waals surface area (Å²) in [6.45, 7) is 3.61. The van der Waals surface area contributed by atoms with Crippen molar-refractivity contribution in [3.8, 4) is 17.2 Å². The van der Waals surface area contributed by atoms with E-state index in [2.05, 4.69) is 15.8 Å². The molecule has 3 rings (SSSR count). The van der Waals surface area contributed by atoms with E-state index in [-0.39, 0.29) is 11.8 Å². The molecule has 0 saturated heterocycles. The average molecular weight is 460 g/mol. The largest absolute Gasteiger partial charge is 0.493 e. The normalized spacial score (nSPS) is 12.8. The molecule has 32 heavy (non-hydrogen) atoms. The van der Waals surface area contributed by atoms with Crippen LogP contribution in [0, 0.1) is 0 Å². The van der Waals surface area contributed by atoms with Gasteiger partial charge in [0.25, 0.3) is 11.8 Å². The first-order valence-corrected chi connectivity index (χ1v) is 11.3. The van der Waals surface area contributed by atoms with E-state index in [1.54, 1.807) is 12.1 Å². The standard InChI is InChI=1S/C23H29N3O5S/c1-13(2)25-26-22(28)19-15-9-7-6-8-10-18(15)32-23(19)24-21(27)14-11-16(29-3)20(31-5)17(12-14)30-4/h11-12H,6-10H2,1-5H3,(H,24,27)(H,26,28). The highest BCUT2D eigenvalue weighted by molar-refractivity contribution is 7.17. The predicted octanol–water partition coefficient (Wildman–Crippen LogP) is 4.42. The Morgan fingerprint density at radius 1 is 0.938 bits per heavy atom. The van der Waals surface area contributed by atoms with Gasteiger partial charge in [-0.05, 0) is 57.2 Å². The minimum absolute atomic E-state index is 0.314. The number of hydrazone groups is 1. The van der Waals surface area contributed by atoms with Crippen LogP contribution in [0.3, 0.4) is 0 Å². The third kappa shape index (κ3) is 5.04. The van der Waals surface area contributed by atoms with Gasteiger partial charge >= 0.3 is 0 Å². The lowest BCUT2D eigenvalue weighted by molar-refractivity contribution is 0.0955. The highest BCUT2D eigenvalue weighted by Crippen LogP contribution is 2.40. The molecule has 1 aliphatic carbocycles. The number of nitrogens with one attached hydrogen (secondary N) is 2. The molecule has 1 aromatic carbocycles. The third-order valence-corrected chi connectivity index (χ3v) is 6.39. The monoisotopic (exact) mass is 459 g/mol. The van der Waals surface area contributed by atoms with Gasteiger partial charge in [-0.15, -0.1) is 11.3 Å². The Morgan fingerprint density at radius 3 is 2.19 bits per heavy atom. The van der Waals surface area contributed by atoms with Crippen LogP contribution in [0.25, 0.3) is 0 Å². The van der Waals surface area contributed by atoms with Crippen LogP contribution in [-0.2, 0) is 12.8 Å². The molecular formula is C23H29N3O5S. The number of hydrogen-bond donors (Lipinski definition) is 2. The molecule has 0 atom stereocenters. The van der Waals surface area contributed by atoms with Crippen molar-refractivity contribution >= 4 is 33.9 Å². The number of fused-ring (bicyclic) bond motifs is 1. The maximum Gasteiger partial charge on any atom is 0.274 e. The van der Waals surface area contributed by atoms with Crippen LogP contribution in [0.15, 0.2) is 17.2 Å². The topological polar surface area (TPSA) is 98.2 Å². The maximum atomic E-state index is 13.2. The van der Waals surface area contributed by atoms with Crippen molar-refractivity contribution in [2.75, 3.05) is 26.6 Å². The van der Waals surface area contributed by atoms with Crippen LogP contribution in [0.5, 0.6) is 17.2 Å². The van der Waals surface area contributed by atoms with E-state index in [1.807, 2.05) is 13.8 Å². The Morgan fingerprint density at radius 2 is 1.59 bits per heavy atom. The SMILES string of the molecule is COc1cc(C(=O)Nc2sc3c(c2C(=O)NN=C(C)C)CCCCC3)cc(OC)c1OC. The fraction of sp³-hybridized carbons (Fsp3) is 0.435. The van der Waals surface area contributed by atoms with Crippen LogP contribution in [0.1, 0.15) is 64.3 Å². The number of anilines is 1. The molecule has 8 nitrogen and oxygen atoms in total. The number of thiophene rings is 1. The molecule has 0 saturated carbocycles. The summed E-state index contributed by atoms with van der Waals surface area (Å²) in [5, 5.41) is 7.51. The number of ether oxygens (including phenoxy) is 3. The minimum Gasteiger partial charge on any atom is -0.493 e. The first-order valence-electron chi connectivity index (χ1n) is 10.5. The zero-order valence-electron chi connectivity index (χ0n) is 19.1. The van der Waals surface area contributed by atoms with E-state index in [0.717, 1.165) is 48.3 Å². The van der Waals surface area contributed by atoms with Gasteiger partial charge in [-0.3, -0.25) is 9.59 Å². The summed E-state index contributed by atoms with van der Waals surface area (Å²) in [7, 11) is 4.49. The highest BCUT2D eigenvalue weighted by Gasteiger charge is 2.26. The van der Waals surface area contributed by atoms with E-state index >= 15 is 0 Å². The molecule has 9 heteroatoms. The van der Waals surface area contributed by atoms with Gasteiger partial charge in [-0.2, -0.15) is 5.10 Å². The van der Waals surface area contributed by atoms with E-state index in [9.17, 15) is 9.59 Å². The van der Waals surface area contributed by atoms with Crippen molar-refractivity contribution in [2.24, 2.45) is 5.10 Å². The molecule has 2 aromatic rings. The summed E-state index contributed by atoms with van der Waals surface area (Å²) >= 11 is 1.46. The smallest absolute Gasteiger partial charge is 0.274 e. The molecule has 0 bridgehead atoms. The number of benzene rings is 1. The molecule has 1 aliphatic rings. The quantitative estimate of drug-likeness (QED) is 0.363. The van der Waals surface area contributed by atoms with Gasteiger partial charge < -0.3 is 19.5 Å². The number of hydrogen-bond acceptors (Lipinski definition) is 7. The maximum absolute atomic E-state index is 13.2. The average Bonchev–Trinajstić information content (AvgIpc) is 2.96. The summed E-state index contributed by atoms with van der Waals surface area (Å²) in [4.78, 5) is 27.3. The molecule has 0 radical (unpaired) electrons. The number of carbonyl (C=O) groups excluding carboxylic acids is 2. The summed E-state index contributed by atoms with van der Waals surface area (Å²) in [5.41, 5.74) is 5.18. The first-order chi connectivity index (χ1) is 15.4. The van der Waals surface area contributed by atoms with Gasteiger partial charge in [0.2, 0.25) is 5.75 Å². The van der Waals surface area contributed by atoms with Gasteiger partial charge in [0.1, 0.15) is 5.00 Å². The molecule has 2 amide bonds. The zero-order chi connectivity index (χ0) is 23.3.